The van der Waals surface area contributed by atoms with Crippen molar-refractivity contribution in [2.24, 2.45) is 33.7 Å². The van der Waals surface area contributed by atoms with E-state index in [9.17, 15) is 33.9 Å². The molecule has 0 rings (SSSR count). The van der Waals surface area contributed by atoms with Crippen molar-refractivity contribution in [3.05, 3.63) is 0 Å². The minimum Gasteiger partial charge on any atom is -0.480 e. The van der Waals surface area contributed by atoms with Gasteiger partial charge in [-0.2, -0.15) is 12.6 Å². The number of hydrogen-bond acceptors (Lipinski definition) is 9. The predicted molar refractivity (Wildman–Crippen MR) is 127 cm³/mol. The highest BCUT2D eigenvalue weighted by molar-refractivity contribution is 7.80. The van der Waals surface area contributed by atoms with Crippen LogP contribution in [0.2, 0.25) is 0 Å². The minimum atomic E-state index is -1.47. The van der Waals surface area contributed by atoms with Gasteiger partial charge in [0.25, 0.3) is 0 Å². The van der Waals surface area contributed by atoms with Gasteiger partial charge in [0.2, 0.25) is 29.5 Å². The Kier molecular flexibility index (Phi) is 14.4. The molecule has 4 atom stereocenters. The minimum absolute atomic E-state index is 0.119. The van der Waals surface area contributed by atoms with Gasteiger partial charge in [-0.05, 0) is 19.3 Å². The molecule has 0 aromatic rings. The quantitative estimate of drug-likeness (QED) is 0.0377. The van der Waals surface area contributed by atoms with Crippen LogP contribution in [0.25, 0.3) is 0 Å². The van der Waals surface area contributed by atoms with Gasteiger partial charge in [0.1, 0.15) is 18.1 Å². The molecule has 0 aliphatic heterocycles. The molecular formula is C18H33N9O7S. The third kappa shape index (κ3) is 13.6. The van der Waals surface area contributed by atoms with Crippen molar-refractivity contribution in [2.45, 2.75) is 56.3 Å². The lowest BCUT2D eigenvalue weighted by atomic mass is 10.1. The Bertz CT molecular complexity index is 820. The molecule has 0 aliphatic carbocycles. The van der Waals surface area contributed by atoms with E-state index in [1.54, 1.807) is 0 Å². The van der Waals surface area contributed by atoms with E-state index in [1.807, 2.05) is 0 Å². The molecule has 14 N–H and O–H groups in total. The van der Waals surface area contributed by atoms with Crippen LogP contribution in [0.1, 0.15) is 32.1 Å². The van der Waals surface area contributed by atoms with Crippen molar-refractivity contribution >= 4 is 54.1 Å². The van der Waals surface area contributed by atoms with Crippen LogP contribution in [0.3, 0.4) is 0 Å². The van der Waals surface area contributed by atoms with Gasteiger partial charge in [-0.25, -0.2) is 4.79 Å². The van der Waals surface area contributed by atoms with Crippen LogP contribution in [0.5, 0.6) is 0 Å². The Hall–Kier alpha value is -3.60. The highest BCUT2D eigenvalue weighted by Gasteiger charge is 2.30. The molecule has 0 spiro atoms. The Morgan fingerprint density at radius 1 is 0.800 bits per heavy atom. The Balaban J connectivity index is 5.18. The Morgan fingerprint density at radius 2 is 1.34 bits per heavy atom. The number of thiol groups is 1. The lowest BCUT2D eigenvalue weighted by molar-refractivity contribution is -0.142. The van der Waals surface area contributed by atoms with Crippen LogP contribution in [0, 0.1) is 0 Å². The summed E-state index contributed by atoms with van der Waals surface area (Å²) < 4.78 is 0. The van der Waals surface area contributed by atoms with Crippen molar-refractivity contribution in [3.8, 4) is 0 Å². The topological polar surface area (TPSA) is 301 Å². The first-order valence-corrected chi connectivity index (χ1v) is 11.0. The second-order valence-corrected chi connectivity index (χ2v) is 7.80. The zero-order chi connectivity index (χ0) is 27.1. The molecule has 0 aromatic carbocycles. The molecule has 0 aliphatic rings. The van der Waals surface area contributed by atoms with E-state index in [4.69, 9.17) is 28.7 Å². The van der Waals surface area contributed by atoms with E-state index in [-0.39, 0.29) is 37.5 Å². The van der Waals surface area contributed by atoms with Crippen molar-refractivity contribution in [1.29, 1.82) is 0 Å². The van der Waals surface area contributed by atoms with Gasteiger partial charge >= 0.3 is 5.97 Å². The van der Waals surface area contributed by atoms with Gasteiger partial charge in [0.15, 0.2) is 5.96 Å². The number of hydrogen-bond donors (Lipinski definition) is 10. The lowest BCUT2D eigenvalue weighted by Gasteiger charge is -2.24. The summed E-state index contributed by atoms with van der Waals surface area (Å²) in [4.78, 5) is 74.8. The molecule has 0 fully saturated rings. The SMILES string of the molecule is NC(=O)CCC(NC(=O)C(CS)NC(=O)C(CC(N)=O)NC(=O)C(N)CCCN=C(N)N)C(=O)O. The van der Waals surface area contributed by atoms with Crippen LogP contribution in [-0.2, 0) is 28.8 Å². The summed E-state index contributed by atoms with van der Waals surface area (Å²) in [7, 11) is 0. The molecule has 16 nitrogen and oxygen atoms in total. The normalized spacial score (nSPS) is 13.9. The molecule has 0 bridgehead atoms. The van der Waals surface area contributed by atoms with Gasteiger partial charge in [0, 0.05) is 18.7 Å². The van der Waals surface area contributed by atoms with Gasteiger partial charge in [-0.3, -0.25) is 29.0 Å². The lowest BCUT2D eigenvalue weighted by Crippen LogP contribution is -2.58. The zero-order valence-electron chi connectivity index (χ0n) is 18.9. The number of carboxylic acid groups (broad SMARTS) is 1. The average molecular weight is 520 g/mol. The molecule has 17 heteroatoms. The monoisotopic (exact) mass is 519 g/mol. The van der Waals surface area contributed by atoms with Crippen LogP contribution in [0.4, 0.5) is 0 Å². The fraction of sp³-hybridized carbons (Fsp3) is 0.611. The largest absolute Gasteiger partial charge is 0.480 e. The summed E-state index contributed by atoms with van der Waals surface area (Å²) in [6, 6.07) is -5.32. The maximum atomic E-state index is 12.7. The molecule has 0 saturated heterocycles. The highest BCUT2D eigenvalue weighted by Crippen LogP contribution is 2.02. The van der Waals surface area contributed by atoms with E-state index in [1.165, 1.54) is 0 Å². The number of nitrogens with two attached hydrogens (primary N) is 5. The summed E-state index contributed by atoms with van der Waals surface area (Å²) in [6.45, 7) is 0.226. The number of aliphatic imine (C=N–C) groups is 1. The second-order valence-electron chi connectivity index (χ2n) is 7.44. The van der Waals surface area contributed by atoms with Crippen LogP contribution in [0.15, 0.2) is 4.99 Å². The zero-order valence-corrected chi connectivity index (χ0v) is 19.8. The van der Waals surface area contributed by atoms with Crippen molar-refractivity contribution in [3.63, 3.8) is 0 Å². The van der Waals surface area contributed by atoms with E-state index in [0.717, 1.165) is 0 Å². The molecule has 0 heterocycles. The maximum Gasteiger partial charge on any atom is 0.326 e. The average Bonchev–Trinajstić information content (AvgIpc) is 2.75. The number of nitrogens with zero attached hydrogens (tertiary/aromatic N) is 1. The first-order valence-electron chi connectivity index (χ1n) is 10.4. The number of carboxylic acids is 1. The molecule has 0 radical (unpaired) electrons. The molecule has 4 unspecified atom stereocenters. The number of aliphatic carboxylic acids is 1. The van der Waals surface area contributed by atoms with E-state index < -0.39 is 66.1 Å². The van der Waals surface area contributed by atoms with Crippen molar-refractivity contribution < 1.29 is 33.9 Å². The predicted octanol–water partition coefficient (Wildman–Crippen LogP) is -5.02. The van der Waals surface area contributed by atoms with Crippen LogP contribution < -0.4 is 44.6 Å². The number of nitrogens with one attached hydrogen (secondary N) is 3. The molecule has 35 heavy (non-hydrogen) atoms. The van der Waals surface area contributed by atoms with E-state index in [2.05, 4.69) is 33.6 Å². The van der Waals surface area contributed by atoms with Crippen LogP contribution >= 0.6 is 12.6 Å². The summed E-state index contributed by atoms with van der Waals surface area (Å²) >= 11 is 3.97. The molecule has 198 valence electrons. The summed E-state index contributed by atoms with van der Waals surface area (Å²) in [6.07, 6.45) is -0.645. The number of primary amides is 2. The Morgan fingerprint density at radius 3 is 1.83 bits per heavy atom. The number of rotatable bonds is 17. The van der Waals surface area contributed by atoms with Crippen molar-refractivity contribution in [1.82, 2.24) is 16.0 Å². The highest BCUT2D eigenvalue weighted by atomic mass is 32.1. The third-order valence-corrected chi connectivity index (χ3v) is 4.82. The number of amides is 5. The second kappa shape index (κ2) is 16.1. The number of guanidine groups is 1. The van der Waals surface area contributed by atoms with Gasteiger partial charge in [-0.15, -0.1) is 0 Å². The fourth-order valence-electron chi connectivity index (χ4n) is 2.62. The smallest absolute Gasteiger partial charge is 0.326 e. The number of carbonyl (C=O) groups is 6. The first-order chi connectivity index (χ1) is 16.3. The standard InChI is InChI=1S/C18H33N9O7S/c19-8(2-1-5-24-18(22)23)14(30)26-10(6-13(21)29)15(31)27-11(7-35)16(32)25-9(17(33)34)3-4-12(20)28/h8-11,35H,1-7,19H2,(H2,20,28)(H2,21,29)(H,25,32)(H,26,30)(H,27,31)(H,33,34)(H4,22,23,24). The third-order valence-electron chi connectivity index (χ3n) is 4.45. The first kappa shape index (κ1) is 31.4. The van der Waals surface area contributed by atoms with Crippen molar-refractivity contribution in [2.75, 3.05) is 12.3 Å². The fourth-order valence-corrected chi connectivity index (χ4v) is 2.88. The van der Waals surface area contributed by atoms with E-state index >= 15 is 0 Å². The van der Waals surface area contributed by atoms with Gasteiger partial charge in [0.05, 0.1) is 12.5 Å². The molecule has 0 aromatic heterocycles. The summed E-state index contributed by atoms with van der Waals surface area (Å²) in [5.74, 6) is -6.13. The van der Waals surface area contributed by atoms with Gasteiger partial charge < -0.3 is 49.7 Å². The Labute approximate surface area is 206 Å². The molecular weight excluding hydrogens is 486 g/mol. The molecule has 5 amide bonds. The maximum absolute atomic E-state index is 12.7. The molecule has 0 saturated carbocycles. The van der Waals surface area contributed by atoms with Gasteiger partial charge in [-0.1, -0.05) is 0 Å². The summed E-state index contributed by atoms with van der Waals surface area (Å²) in [5.41, 5.74) is 26.3. The van der Waals surface area contributed by atoms with E-state index in [0.29, 0.717) is 6.42 Å². The summed E-state index contributed by atoms with van der Waals surface area (Å²) in [5, 5.41) is 15.9. The number of carbonyl (C=O) groups excluding carboxylic acids is 5. The van der Waals surface area contributed by atoms with Crippen LogP contribution in [-0.4, -0.2) is 83.0 Å².